The Bertz CT molecular complexity index is 553. The van der Waals surface area contributed by atoms with Crippen molar-refractivity contribution in [1.82, 2.24) is 4.90 Å². The van der Waals surface area contributed by atoms with Gasteiger partial charge < -0.3 is 23.8 Å². The van der Waals surface area contributed by atoms with Crippen molar-refractivity contribution in [2.24, 2.45) is 0 Å². The molecule has 0 saturated carbocycles. The third-order valence-electron chi connectivity index (χ3n) is 3.67. The molecule has 0 aliphatic carbocycles. The molecule has 0 aromatic carbocycles. The Morgan fingerprint density at radius 3 is 2.04 bits per heavy atom. The van der Waals surface area contributed by atoms with E-state index in [-0.39, 0.29) is 12.4 Å². The van der Waals surface area contributed by atoms with Crippen molar-refractivity contribution < 1.29 is 38.1 Å². The number of esters is 3. The summed E-state index contributed by atoms with van der Waals surface area (Å²) in [6.07, 6.45) is -3.92. The number of carbonyl (C=O) groups excluding carboxylic acids is 4. The number of rotatable bonds is 4. The van der Waals surface area contributed by atoms with Crippen molar-refractivity contribution in [2.75, 3.05) is 12.4 Å². The molecule has 2 saturated heterocycles. The summed E-state index contributed by atoms with van der Waals surface area (Å²) in [4.78, 5) is 47.5. The molecule has 10 heteroatoms. The van der Waals surface area contributed by atoms with Crippen LogP contribution < -0.4 is 0 Å². The second kappa shape index (κ2) is 7.35. The van der Waals surface area contributed by atoms with E-state index >= 15 is 0 Å². The molecule has 2 aliphatic heterocycles. The van der Waals surface area contributed by atoms with E-state index in [1.54, 1.807) is 0 Å². The fraction of sp³-hybridized carbons (Fsp3) is 0.714. The molecule has 5 atom stereocenters. The highest BCUT2D eigenvalue weighted by Gasteiger charge is 2.59. The zero-order valence-corrected chi connectivity index (χ0v) is 14.1. The summed E-state index contributed by atoms with van der Waals surface area (Å²) in [5.41, 5.74) is 0. The summed E-state index contributed by atoms with van der Waals surface area (Å²) in [5, 5.41) is 0. The van der Waals surface area contributed by atoms with E-state index in [9.17, 15) is 19.2 Å². The molecule has 2 rings (SSSR count). The highest BCUT2D eigenvalue weighted by Crippen LogP contribution is 2.36. The minimum atomic E-state index is -1.21. The normalized spacial score (nSPS) is 31.3. The van der Waals surface area contributed by atoms with Gasteiger partial charge in [0.15, 0.2) is 12.2 Å². The number of halogens is 1. The monoisotopic (exact) mass is 363 g/mol. The molecule has 24 heavy (non-hydrogen) atoms. The van der Waals surface area contributed by atoms with Gasteiger partial charge in [0.1, 0.15) is 18.0 Å². The van der Waals surface area contributed by atoms with Crippen LogP contribution in [0.1, 0.15) is 20.8 Å². The molecule has 9 nitrogen and oxygen atoms in total. The summed E-state index contributed by atoms with van der Waals surface area (Å²) in [7, 11) is 0. The summed E-state index contributed by atoms with van der Waals surface area (Å²) in [5.74, 6) is -2.62. The largest absolute Gasteiger partial charge is 0.457 e. The number of hydrogen-bond donors (Lipinski definition) is 0. The van der Waals surface area contributed by atoms with Crippen LogP contribution in [0.3, 0.4) is 0 Å². The Morgan fingerprint density at radius 2 is 1.54 bits per heavy atom. The van der Waals surface area contributed by atoms with E-state index in [0.29, 0.717) is 0 Å². The molecule has 0 radical (unpaired) electrons. The van der Waals surface area contributed by atoms with Gasteiger partial charge >= 0.3 is 17.9 Å². The fourth-order valence-electron chi connectivity index (χ4n) is 2.97. The summed E-state index contributed by atoms with van der Waals surface area (Å²) < 4.78 is 21.1. The number of amides is 1. The third kappa shape index (κ3) is 3.78. The second-order valence-corrected chi connectivity index (χ2v) is 5.74. The molecule has 0 aromatic heterocycles. The predicted molar refractivity (Wildman–Crippen MR) is 77.8 cm³/mol. The number of carbonyl (C=O) groups is 4. The Labute approximate surface area is 143 Å². The van der Waals surface area contributed by atoms with Crippen molar-refractivity contribution in [3.63, 3.8) is 0 Å². The molecule has 0 N–H and O–H groups in total. The molecule has 2 fully saturated rings. The summed E-state index contributed by atoms with van der Waals surface area (Å²) in [6.45, 7) is 3.63. The molecule has 1 amide bonds. The van der Waals surface area contributed by atoms with Crippen molar-refractivity contribution in [1.29, 1.82) is 0 Å². The highest BCUT2D eigenvalue weighted by atomic mass is 35.5. The molecular formula is C14H18ClNO8. The van der Waals surface area contributed by atoms with E-state index in [4.69, 9.17) is 30.5 Å². The number of nitrogens with zero attached hydrogens (tertiary/aromatic N) is 1. The number of likely N-dealkylation sites (tertiary alicyclic amines) is 1. The van der Waals surface area contributed by atoms with Crippen LogP contribution in [0.5, 0.6) is 0 Å². The zero-order valence-electron chi connectivity index (χ0n) is 13.4. The Morgan fingerprint density at radius 1 is 1.00 bits per heavy atom. The van der Waals surface area contributed by atoms with Crippen molar-refractivity contribution >= 4 is 35.4 Å². The Hall–Kier alpha value is -1.87. The molecule has 0 aromatic rings. The van der Waals surface area contributed by atoms with Gasteiger partial charge in [-0.05, 0) is 0 Å². The molecule has 2 bridgehead atoms. The molecule has 2 aliphatic rings. The van der Waals surface area contributed by atoms with Crippen LogP contribution in [0.4, 0.5) is 0 Å². The minimum Gasteiger partial charge on any atom is -0.457 e. The topological polar surface area (TPSA) is 108 Å². The minimum absolute atomic E-state index is 0.0731. The molecule has 2 heterocycles. The van der Waals surface area contributed by atoms with Crippen LogP contribution in [0.25, 0.3) is 0 Å². The Kier molecular flexibility index (Phi) is 5.66. The standard InChI is InChI=1S/C14H18ClNO8/c1-6(17)21-12-9-5-16(10(20)4-15)11(12)13(22-7(2)18)14(24-9)23-8(3)19/h9,11-14H,4-5H2,1-3H3/t9-,11+,12-,13+,14+/m1/s1. The lowest BCUT2D eigenvalue weighted by atomic mass is 10.00. The van der Waals surface area contributed by atoms with Gasteiger partial charge in [-0.15, -0.1) is 11.6 Å². The quantitative estimate of drug-likeness (QED) is 0.376. The predicted octanol–water partition coefficient (Wildman–Crippen LogP) is -0.413. The van der Waals surface area contributed by atoms with Gasteiger partial charge in [0.2, 0.25) is 12.2 Å². The lowest BCUT2D eigenvalue weighted by Crippen LogP contribution is -2.60. The second-order valence-electron chi connectivity index (χ2n) is 5.47. The van der Waals surface area contributed by atoms with Crippen molar-refractivity contribution in [3.8, 4) is 0 Å². The number of alkyl halides is 1. The summed E-state index contributed by atoms with van der Waals surface area (Å²) >= 11 is 5.62. The molecule has 0 spiro atoms. The van der Waals surface area contributed by atoms with Gasteiger partial charge in [-0.25, -0.2) is 0 Å². The zero-order chi connectivity index (χ0) is 18.0. The van der Waals surface area contributed by atoms with Crippen LogP contribution in [0.15, 0.2) is 0 Å². The summed E-state index contributed by atoms with van der Waals surface area (Å²) in [6, 6.07) is -0.854. The number of hydrogen-bond acceptors (Lipinski definition) is 8. The third-order valence-corrected chi connectivity index (χ3v) is 3.90. The van der Waals surface area contributed by atoms with Gasteiger partial charge in [0, 0.05) is 20.8 Å². The van der Waals surface area contributed by atoms with Gasteiger partial charge in [0.25, 0.3) is 0 Å². The number of fused-ring (bicyclic) bond motifs is 2. The molecular weight excluding hydrogens is 346 g/mol. The van der Waals surface area contributed by atoms with Crippen LogP contribution in [0.2, 0.25) is 0 Å². The first-order valence-corrected chi connectivity index (χ1v) is 7.80. The van der Waals surface area contributed by atoms with Gasteiger partial charge in [-0.1, -0.05) is 0 Å². The van der Waals surface area contributed by atoms with Crippen LogP contribution in [0, 0.1) is 0 Å². The van der Waals surface area contributed by atoms with E-state index < -0.39 is 54.5 Å². The maximum absolute atomic E-state index is 12.1. The van der Waals surface area contributed by atoms with Crippen LogP contribution in [-0.2, 0) is 38.1 Å². The lowest BCUT2D eigenvalue weighted by Gasteiger charge is -2.40. The van der Waals surface area contributed by atoms with E-state index in [0.717, 1.165) is 0 Å². The van der Waals surface area contributed by atoms with E-state index in [1.807, 2.05) is 0 Å². The maximum atomic E-state index is 12.1. The van der Waals surface area contributed by atoms with Gasteiger partial charge in [-0.2, -0.15) is 0 Å². The maximum Gasteiger partial charge on any atom is 0.305 e. The molecule has 134 valence electrons. The average Bonchev–Trinajstić information content (AvgIpc) is 2.71. The first-order chi connectivity index (χ1) is 11.2. The first kappa shape index (κ1) is 18.5. The Balaban J connectivity index is 2.37. The fourth-order valence-corrected chi connectivity index (χ4v) is 3.12. The van der Waals surface area contributed by atoms with Crippen LogP contribution in [-0.4, -0.2) is 71.8 Å². The van der Waals surface area contributed by atoms with Crippen molar-refractivity contribution in [3.05, 3.63) is 0 Å². The SMILES string of the molecule is CC(=O)O[C@H]1O[C@@H]2CN(C(=O)CCl)[C@H]([C@@H]1OC(C)=O)[C@@H]2OC(C)=O. The average molecular weight is 364 g/mol. The smallest absolute Gasteiger partial charge is 0.305 e. The van der Waals surface area contributed by atoms with Gasteiger partial charge in [-0.3, -0.25) is 19.2 Å². The highest BCUT2D eigenvalue weighted by molar-refractivity contribution is 6.27. The lowest BCUT2D eigenvalue weighted by molar-refractivity contribution is -0.259. The van der Waals surface area contributed by atoms with Crippen molar-refractivity contribution in [2.45, 2.75) is 51.4 Å². The number of ether oxygens (including phenoxy) is 4. The first-order valence-electron chi connectivity index (χ1n) is 7.27. The van der Waals surface area contributed by atoms with Gasteiger partial charge in [0.05, 0.1) is 6.54 Å². The van der Waals surface area contributed by atoms with E-state index in [2.05, 4.69) is 0 Å². The van der Waals surface area contributed by atoms with E-state index in [1.165, 1.54) is 25.7 Å². The molecule has 0 unspecified atom stereocenters. The van der Waals surface area contributed by atoms with Crippen LogP contribution >= 0.6 is 11.6 Å².